The van der Waals surface area contributed by atoms with Crippen molar-refractivity contribution >= 4 is 27.0 Å². The van der Waals surface area contributed by atoms with Crippen LogP contribution in [-0.2, 0) is 14.8 Å². The number of hydrogen-bond donors (Lipinski definition) is 2. The molecule has 1 heterocycles. The summed E-state index contributed by atoms with van der Waals surface area (Å²) in [5.74, 6) is 0.156. The summed E-state index contributed by atoms with van der Waals surface area (Å²) in [6.07, 6.45) is 0. The van der Waals surface area contributed by atoms with E-state index in [0.717, 1.165) is 11.3 Å². The van der Waals surface area contributed by atoms with Crippen LogP contribution in [0.1, 0.15) is 20.8 Å². The summed E-state index contributed by atoms with van der Waals surface area (Å²) in [5, 5.41) is 1.61. The van der Waals surface area contributed by atoms with Crippen LogP contribution < -0.4 is 10.5 Å². The van der Waals surface area contributed by atoms with Gasteiger partial charge in [0.2, 0.25) is 10.0 Å². The average Bonchev–Trinajstić information content (AvgIpc) is 2.71. The molecule has 0 aromatic carbocycles. The van der Waals surface area contributed by atoms with E-state index in [-0.39, 0.29) is 16.2 Å². The van der Waals surface area contributed by atoms with Gasteiger partial charge in [-0.05, 0) is 18.9 Å². The average molecular weight is 292 g/mol. The van der Waals surface area contributed by atoms with Crippen molar-refractivity contribution in [3.63, 3.8) is 0 Å². The molecule has 3 N–H and O–H groups in total. The van der Waals surface area contributed by atoms with Crippen molar-refractivity contribution in [3.8, 4) is 0 Å². The summed E-state index contributed by atoms with van der Waals surface area (Å²) in [6, 6.07) is 1.23. The number of hydrogen-bond acceptors (Lipinski definition) is 5. The molecule has 1 aromatic rings. The van der Waals surface area contributed by atoms with Crippen molar-refractivity contribution in [2.45, 2.75) is 31.0 Å². The maximum absolute atomic E-state index is 12.1. The molecule has 0 bridgehead atoms. The number of nitrogen functional groups attached to an aromatic ring is 1. The van der Waals surface area contributed by atoms with Crippen molar-refractivity contribution in [1.29, 1.82) is 0 Å². The van der Waals surface area contributed by atoms with Gasteiger partial charge in [0, 0.05) is 23.7 Å². The topological polar surface area (TPSA) is 81.4 Å². The molecule has 1 unspecified atom stereocenters. The minimum atomic E-state index is -3.51. The lowest BCUT2D eigenvalue weighted by Gasteiger charge is -2.21. The van der Waals surface area contributed by atoms with Gasteiger partial charge in [0.25, 0.3) is 0 Å². The van der Waals surface area contributed by atoms with Gasteiger partial charge in [0.05, 0.1) is 6.61 Å². The second-order valence-electron chi connectivity index (χ2n) is 4.33. The van der Waals surface area contributed by atoms with E-state index in [9.17, 15) is 8.42 Å². The van der Waals surface area contributed by atoms with Crippen LogP contribution in [0.5, 0.6) is 0 Å². The van der Waals surface area contributed by atoms with E-state index in [1.807, 2.05) is 20.8 Å². The molecule has 0 aliphatic rings. The van der Waals surface area contributed by atoms with E-state index < -0.39 is 10.0 Å². The molecule has 104 valence electrons. The maximum atomic E-state index is 12.1. The highest BCUT2D eigenvalue weighted by Gasteiger charge is 2.23. The quantitative estimate of drug-likeness (QED) is 0.801. The summed E-state index contributed by atoms with van der Waals surface area (Å²) in [7, 11) is -3.51. The fourth-order valence-corrected chi connectivity index (χ4v) is 3.80. The Kier molecular flexibility index (Phi) is 5.58. The molecule has 0 amide bonds. The first kappa shape index (κ1) is 15.4. The number of sulfonamides is 1. The van der Waals surface area contributed by atoms with Crippen LogP contribution in [0.4, 0.5) is 5.69 Å². The van der Waals surface area contributed by atoms with Crippen molar-refractivity contribution < 1.29 is 13.2 Å². The lowest BCUT2D eigenvalue weighted by atomic mass is 10.1. The first-order valence-corrected chi connectivity index (χ1v) is 8.17. The van der Waals surface area contributed by atoms with E-state index in [0.29, 0.717) is 18.9 Å². The first-order chi connectivity index (χ1) is 8.36. The Morgan fingerprint density at radius 3 is 2.61 bits per heavy atom. The third kappa shape index (κ3) is 4.24. The van der Waals surface area contributed by atoms with Crippen molar-refractivity contribution in [2.24, 2.45) is 5.92 Å². The minimum absolute atomic E-state index is 0.156. The number of anilines is 1. The summed E-state index contributed by atoms with van der Waals surface area (Å²) < 4.78 is 32.4. The molecule has 1 rings (SSSR count). The first-order valence-electron chi connectivity index (χ1n) is 5.81. The Labute approximate surface area is 112 Å². The molecule has 5 nitrogen and oxygen atoms in total. The summed E-state index contributed by atoms with van der Waals surface area (Å²) >= 11 is 1.12. The Hall–Kier alpha value is -0.630. The Bertz CT molecular complexity index is 468. The van der Waals surface area contributed by atoms with E-state index in [2.05, 4.69) is 4.72 Å². The van der Waals surface area contributed by atoms with Gasteiger partial charge >= 0.3 is 0 Å². The third-order valence-electron chi connectivity index (χ3n) is 2.47. The maximum Gasteiger partial charge on any atom is 0.250 e. The molecule has 1 atom stereocenters. The number of nitrogens with two attached hydrogens (primary N) is 1. The summed E-state index contributed by atoms with van der Waals surface area (Å²) in [6.45, 7) is 6.72. The van der Waals surface area contributed by atoms with Gasteiger partial charge in [0.1, 0.15) is 4.21 Å². The van der Waals surface area contributed by atoms with Crippen LogP contribution in [0.15, 0.2) is 15.7 Å². The lowest BCUT2D eigenvalue weighted by Crippen LogP contribution is -2.41. The molecule has 0 aliphatic heterocycles. The SMILES string of the molecule is CCOCC(NS(=O)(=O)c1cc(N)cs1)C(C)C. The second kappa shape index (κ2) is 6.51. The van der Waals surface area contributed by atoms with Gasteiger partial charge in [-0.3, -0.25) is 0 Å². The molecule has 0 aliphatic carbocycles. The molecule has 18 heavy (non-hydrogen) atoms. The number of rotatable bonds is 7. The van der Waals surface area contributed by atoms with Gasteiger partial charge in [-0.25, -0.2) is 13.1 Å². The molecular formula is C11H20N2O3S2. The monoisotopic (exact) mass is 292 g/mol. The van der Waals surface area contributed by atoms with E-state index in [1.165, 1.54) is 6.07 Å². The highest BCUT2D eigenvalue weighted by molar-refractivity contribution is 7.91. The Balaban J connectivity index is 2.79. The van der Waals surface area contributed by atoms with Gasteiger partial charge in [-0.2, -0.15) is 0 Å². The molecule has 0 fully saturated rings. The largest absolute Gasteiger partial charge is 0.398 e. The standard InChI is InChI=1S/C11H20N2O3S2/c1-4-16-6-10(8(2)3)13-18(14,15)11-5-9(12)7-17-11/h5,7-8,10,13H,4,6,12H2,1-3H3. The number of thiophene rings is 1. The number of ether oxygens (including phenoxy) is 1. The zero-order valence-corrected chi connectivity index (χ0v) is 12.5. The minimum Gasteiger partial charge on any atom is -0.398 e. The zero-order chi connectivity index (χ0) is 13.8. The van der Waals surface area contributed by atoms with Crippen LogP contribution in [0, 0.1) is 5.92 Å². The molecule has 7 heteroatoms. The molecular weight excluding hydrogens is 272 g/mol. The van der Waals surface area contributed by atoms with Crippen LogP contribution in [0.3, 0.4) is 0 Å². The van der Waals surface area contributed by atoms with Crippen molar-refractivity contribution in [3.05, 3.63) is 11.4 Å². The Morgan fingerprint density at radius 2 is 2.17 bits per heavy atom. The van der Waals surface area contributed by atoms with Crippen LogP contribution in [0.2, 0.25) is 0 Å². The molecule has 0 spiro atoms. The molecule has 0 saturated heterocycles. The predicted octanol–water partition coefficient (Wildman–Crippen LogP) is 1.67. The van der Waals surface area contributed by atoms with Crippen LogP contribution >= 0.6 is 11.3 Å². The van der Waals surface area contributed by atoms with E-state index in [1.54, 1.807) is 5.38 Å². The second-order valence-corrected chi connectivity index (χ2v) is 7.18. The highest BCUT2D eigenvalue weighted by Crippen LogP contribution is 2.22. The van der Waals surface area contributed by atoms with Gasteiger partial charge in [0.15, 0.2) is 0 Å². The summed E-state index contributed by atoms with van der Waals surface area (Å²) in [4.78, 5) is 0. The highest BCUT2D eigenvalue weighted by atomic mass is 32.2. The van der Waals surface area contributed by atoms with E-state index >= 15 is 0 Å². The molecule has 1 aromatic heterocycles. The third-order valence-corrected chi connectivity index (χ3v) is 5.42. The molecule has 0 radical (unpaired) electrons. The van der Waals surface area contributed by atoms with E-state index in [4.69, 9.17) is 10.5 Å². The van der Waals surface area contributed by atoms with Gasteiger partial charge < -0.3 is 10.5 Å². The van der Waals surface area contributed by atoms with Crippen LogP contribution in [0.25, 0.3) is 0 Å². The lowest BCUT2D eigenvalue weighted by molar-refractivity contribution is 0.116. The Morgan fingerprint density at radius 1 is 1.50 bits per heavy atom. The van der Waals surface area contributed by atoms with Crippen molar-refractivity contribution in [2.75, 3.05) is 18.9 Å². The van der Waals surface area contributed by atoms with Gasteiger partial charge in [-0.15, -0.1) is 11.3 Å². The fourth-order valence-electron chi connectivity index (χ4n) is 1.34. The molecule has 0 saturated carbocycles. The fraction of sp³-hybridized carbons (Fsp3) is 0.636. The van der Waals surface area contributed by atoms with Crippen molar-refractivity contribution in [1.82, 2.24) is 4.72 Å². The summed E-state index contributed by atoms with van der Waals surface area (Å²) in [5.41, 5.74) is 6.00. The predicted molar refractivity (Wildman–Crippen MR) is 74.2 cm³/mol. The normalized spacial score (nSPS) is 14.0. The smallest absolute Gasteiger partial charge is 0.250 e. The zero-order valence-electron chi connectivity index (χ0n) is 10.8. The van der Waals surface area contributed by atoms with Gasteiger partial charge in [-0.1, -0.05) is 13.8 Å². The number of nitrogens with one attached hydrogen (secondary N) is 1. The van der Waals surface area contributed by atoms with Crippen LogP contribution in [-0.4, -0.2) is 27.7 Å².